The maximum Gasteiger partial charge on any atom is 0.227 e. The summed E-state index contributed by atoms with van der Waals surface area (Å²) >= 11 is 5.91. The molecule has 0 fully saturated rings. The molecule has 1 aromatic carbocycles. The Hall–Kier alpha value is -1.26. The lowest BCUT2D eigenvalue weighted by atomic mass is 10.0. The highest BCUT2D eigenvalue weighted by atomic mass is 35.5. The van der Waals surface area contributed by atoms with Crippen LogP contribution in [0, 0.1) is 5.92 Å². The summed E-state index contributed by atoms with van der Waals surface area (Å²) in [6.07, 6.45) is 1.43. The average Bonchev–Trinajstić information content (AvgIpc) is 2.36. The van der Waals surface area contributed by atoms with E-state index < -0.39 is 0 Å². The van der Waals surface area contributed by atoms with Gasteiger partial charge >= 0.3 is 0 Å². The topological polar surface area (TPSA) is 64.4 Å². The van der Waals surface area contributed by atoms with Crippen LogP contribution in [0.1, 0.15) is 19.8 Å². The van der Waals surface area contributed by atoms with Gasteiger partial charge in [0.15, 0.2) is 0 Å². The fraction of sp³-hybridized carbons (Fsp3) is 0.462. The summed E-state index contributed by atoms with van der Waals surface area (Å²) in [5, 5.41) is 3.39. The minimum Gasteiger partial charge on any atom is -0.495 e. The molecule has 0 saturated carbocycles. The fourth-order valence-corrected chi connectivity index (χ4v) is 1.91. The summed E-state index contributed by atoms with van der Waals surface area (Å²) in [7, 11) is 1.55. The van der Waals surface area contributed by atoms with E-state index in [0.29, 0.717) is 29.4 Å². The maximum atomic E-state index is 12.0. The van der Waals surface area contributed by atoms with Gasteiger partial charge in [-0.05, 0) is 37.6 Å². The van der Waals surface area contributed by atoms with Crippen LogP contribution < -0.4 is 15.8 Å². The SMILES string of the molecule is CCC(CCN)C(=O)Nc1cc(Cl)ccc1OC. The van der Waals surface area contributed by atoms with E-state index >= 15 is 0 Å². The molecule has 5 heteroatoms. The van der Waals surface area contributed by atoms with Gasteiger partial charge in [0.1, 0.15) is 5.75 Å². The van der Waals surface area contributed by atoms with Gasteiger partial charge in [-0.25, -0.2) is 0 Å². The van der Waals surface area contributed by atoms with Gasteiger partial charge in [-0.1, -0.05) is 18.5 Å². The molecule has 18 heavy (non-hydrogen) atoms. The number of methoxy groups -OCH3 is 1. The van der Waals surface area contributed by atoms with Crippen LogP contribution >= 0.6 is 11.6 Å². The van der Waals surface area contributed by atoms with E-state index in [1.807, 2.05) is 6.92 Å². The lowest BCUT2D eigenvalue weighted by Gasteiger charge is -2.16. The third-order valence-electron chi connectivity index (χ3n) is 2.80. The number of anilines is 1. The number of ether oxygens (including phenoxy) is 1. The number of hydrogen-bond acceptors (Lipinski definition) is 3. The number of carbonyl (C=O) groups excluding carboxylic acids is 1. The molecule has 1 atom stereocenters. The molecule has 1 amide bonds. The summed E-state index contributed by atoms with van der Waals surface area (Å²) in [5.41, 5.74) is 6.08. The van der Waals surface area contributed by atoms with Crippen LogP contribution in [0.2, 0.25) is 5.02 Å². The van der Waals surface area contributed by atoms with Crippen LogP contribution in [0.25, 0.3) is 0 Å². The van der Waals surface area contributed by atoms with Crippen molar-refractivity contribution in [2.24, 2.45) is 11.7 Å². The van der Waals surface area contributed by atoms with E-state index in [1.54, 1.807) is 25.3 Å². The minimum atomic E-state index is -0.0845. The Labute approximate surface area is 112 Å². The van der Waals surface area contributed by atoms with E-state index in [9.17, 15) is 4.79 Å². The molecule has 0 aliphatic heterocycles. The first-order chi connectivity index (χ1) is 8.62. The quantitative estimate of drug-likeness (QED) is 0.835. The predicted molar refractivity (Wildman–Crippen MR) is 74.1 cm³/mol. The van der Waals surface area contributed by atoms with Gasteiger partial charge in [0, 0.05) is 10.9 Å². The predicted octanol–water partition coefficient (Wildman–Crippen LogP) is 2.66. The number of amides is 1. The van der Waals surface area contributed by atoms with Crippen molar-refractivity contribution in [2.45, 2.75) is 19.8 Å². The summed E-state index contributed by atoms with van der Waals surface area (Å²) in [4.78, 5) is 12.0. The monoisotopic (exact) mass is 270 g/mol. The highest BCUT2D eigenvalue weighted by Crippen LogP contribution is 2.28. The second-order valence-electron chi connectivity index (χ2n) is 4.02. The third-order valence-corrected chi connectivity index (χ3v) is 3.03. The molecule has 100 valence electrons. The number of hydrogen-bond donors (Lipinski definition) is 2. The molecular weight excluding hydrogens is 252 g/mol. The van der Waals surface area contributed by atoms with Gasteiger partial charge in [-0.3, -0.25) is 4.79 Å². The lowest BCUT2D eigenvalue weighted by Crippen LogP contribution is -2.24. The lowest BCUT2D eigenvalue weighted by molar-refractivity contribution is -0.120. The summed E-state index contributed by atoms with van der Waals surface area (Å²) < 4.78 is 5.18. The minimum absolute atomic E-state index is 0.0523. The van der Waals surface area contributed by atoms with Crippen molar-refractivity contribution in [1.82, 2.24) is 0 Å². The molecule has 0 spiro atoms. The second-order valence-corrected chi connectivity index (χ2v) is 4.45. The zero-order valence-corrected chi connectivity index (χ0v) is 11.5. The van der Waals surface area contributed by atoms with E-state index in [1.165, 1.54) is 0 Å². The Morgan fingerprint density at radius 3 is 2.83 bits per heavy atom. The Morgan fingerprint density at radius 1 is 1.56 bits per heavy atom. The number of benzene rings is 1. The zero-order valence-electron chi connectivity index (χ0n) is 10.7. The number of rotatable bonds is 6. The molecule has 0 aliphatic rings. The first-order valence-corrected chi connectivity index (χ1v) is 6.34. The van der Waals surface area contributed by atoms with Gasteiger partial charge in [0.25, 0.3) is 0 Å². The standard InChI is InChI=1S/C13H19ClN2O2/c1-3-9(6-7-15)13(17)16-11-8-10(14)4-5-12(11)18-2/h4-5,8-9H,3,6-7,15H2,1-2H3,(H,16,17). The van der Waals surface area contributed by atoms with E-state index in [4.69, 9.17) is 22.1 Å². The molecule has 0 saturated heterocycles. The highest BCUT2D eigenvalue weighted by molar-refractivity contribution is 6.31. The third kappa shape index (κ3) is 3.89. The average molecular weight is 271 g/mol. The van der Waals surface area contributed by atoms with Crippen LogP contribution in [-0.2, 0) is 4.79 Å². The first-order valence-electron chi connectivity index (χ1n) is 5.96. The molecule has 0 aliphatic carbocycles. The van der Waals surface area contributed by atoms with Crippen LogP contribution in [0.15, 0.2) is 18.2 Å². The summed E-state index contributed by atoms with van der Waals surface area (Å²) in [5.74, 6) is 0.456. The molecule has 0 radical (unpaired) electrons. The molecule has 1 aromatic rings. The Morgan fingerprint density at radius 2 is 2.28 bits per heavy atom. The van der Waals surface area contributed by atoms with Gasteiger partial charge in [0.2, 0.25) is 5.91 Å². The van der Waals surface area contributed by atoms with E-state index in [2.05, 4.69) is 5.32 Å². The molecule has 3 N–H and O–H groups in total. The van der Waals surface area contributed by atoms with Crippen molar-refractivity contribution < 1.29 is 9.53 Å². The van der Waals surface area contributed by atoms with Crippen LogP contribution in [-0.4, -0.2) is 19.6 Å². The number of nitrogens with one attached hydrogen (secondary N) is 1. The summed E-state index contributed by atoms with van der Waals surface area (Å²) in [6, 6.07) is 5.11. The van der Waals surface area contributed by atoms with Gasteiger partial charge in [-0.2, -0.15) is 0 Å². The first kappa shape index (κ1) is 14.8. The largest absolute Gasteiger partial charge is 0.495 e. The molecule has 0 aromatic heterocycles. The van der Waals surface area contributed by atoms with Crippen LogP contribution in [0.4, 0.5) is 5.69 Å². The smallest absolute Gasteiger partial charge is 0.227 e. The van der Waals surface area contributed by atoms with Crippen molar-refractivity contribution >= 4 is 23.2 Å². The fourth-order valence-electron chi connectivity index (χ4n) is 1.73. The van der Waals surface area contributed by atoms with Gasteiger partial charge in [-0.15, -0.1) is 0 Å². The Kier molecular flexibility index (Phi) is 5.95. The van der Waals surface area contributed by atoms with Crippen molar-refractivity contribution in [3.05, 3.63) is 23.2 Å². The van der Waals surface area contributed by atoms with E-state index in [-0.39, 0.29) is 11.8 Å². The normalized spacial score (nSPS) is 12.0. The molecule has 1 unspecified atom stereocenters. The number of carbonyl (C=O) groups is 1. The number of halogens is 1. The second kappa shape index (κ2) is 7.24. The number of nitrogens with two attached hydrogens (primary N) is 1. The van der Waals surface area contributed by atoms with Gasteiger partial charge < -0.3 is 15.8 Å². The van der Waals surface area contributed by atoms with E-state index in [0.717, 1.165) is 6.42 Å². The van der Waals surface area contributed by atoms with Crippen LogP contribution in [0.3, 0.4) is 0 Å². The molecular formula is C13H19ClN2O2. The molecule has 0 heterocycles. The molecule has 4 nitrogen and oxygen atoms in total. The van der Waals surface area contributed by atoms with Crippen LogP contribution in [0.5, 0.6) is 5.75 Å². The Bertz CT molecular complexity index is 410. The maximum absolute atomic E-state index is 12.0. The van der Waals surface area contributed by atoms with Crippen molar-refractivity contribution in [1.29, 1.82) is 0 Å². The Balaban J connectivity index is 2.82. The van der Waals surface area contributed by atoms with Crippen molar-refractivity contribution in [2.75, 3.05) is 19.0 Å². The zero-order chi connectivity index (χ0) is 13.5. The van der Waals surface area contributed by atoms with Gasteiger partial charge in [0.05, 0.1) is 12.8 Å². The molecule has 0 bridgehead atoms. The van der Waals surface area contributed by atoms with Crippen molar-refractivity contribution in [3.8, 4) is 5.75 Å². The summed E-state index contributed by atoms with van der Waals surface area (Å²) in [6.45, 7) is 2.47. The highest BCUT2D eigenvalue weighted by Gasteiger charge is 2.17. The molecule has 1 rings (SSSR count). The van der Waals surface area contributed by atoms with Crippen molar-refractivity contribution in [3.63, 3.8) is 0 Å².